The lowest BCUT2D eigenvalue weighted by Gasteiger charge is -2.16. The molecule has 0 bridgehead atoms. The van der Waals surface area contributed by atoms with Crippen LogP contribution >= 0.6 is 0 Å². The fraction of sp³-hybridized carbons (Fsp3) is 0.545. The molecule has 2 amide bonds. The third-order valence-electron chi connectivity index (χ3n) is 4.59. The summed E-state index contributed by atoms with van der Waals surface area (Å²) in [5.41, 5.74) is 0.803. The van der Waals surface area contributed by atoms with Crippen molar-refractivity contribution in [3.63, 3.8) is 0 Å². The summed E-state index contributed by atoms with van der Waals surface area (Å²) < 4.78 is 15.6. The second-order valence-corrected chi connectivity index (χ2v) is 7.35. The first kappa shape index (κ1) is 25.5. The van der Waals surface area contributed by atoms with Crippen LogP contribution in [-0.4, -0.2) is 50.5 Å². The molecule has 1 unspecified atom stereocenters. The third kappa shape index (κ3) is 7.68. The highest BCUT2D eigenvalue weighted by Gasteiger charge is 2.21. The van der Waals surface area contributed by atoms with Crippen LogP contribution in [0.1, 0.15) is 61.3 Å². The first-order valence-corrected chi connectivity index (χ1v) is 9.81. The number of ether oxygens (including phenoxy) is 3. The van der Waals surface area contributed by atoms with Crippen LogP contribution in [0.5, 0.6) is 5.75 Å². The molecule has 1 aromatic carbocycles. The Balaban J connectivity index is 0.000000414. The minimum absolute atomic E-state index is 0.0164. The van der Waals surface area contributed by atoms with Crippen molar-refractivity contribution < 1.29 is 33.4 Å². The lowest BCUT2D eigenvalue weighted by Crippen LogP contribution is -2.39. The van der Waals surface area contributed by atoms with Crippen molar-refractivity contribution in [2.24, 2.45) is 11.8 Å². The van der Waals surface area contributed by atoms with Crippen LogP contribution in [0.2, 0.25) is 0 Å². The second-order valence-electron chi connectivity index (χ2n) is 7.35. The highest BCUT2D eigenvalue weighted by molar-refractivity contribution is 6.08. The molecule has 166 valence electrons. The minimum atomic E-state index is -0.484. The van der Waals surface area contributed by atoms with Gasteiger partial charge in [-0.3, -0.25) is 24.5 Å². The standard InChI is InChI=1S/C16H22O5.C6H9NO2/c1-10(2)16(18)13-7-6-12(8-14(13)11(3)17)21-9-15(19-4)20-5;1-4-2-3-5(8)7-6(4)9/h6-8,10,15H,9H2,1-5H3;4H,2-3H2,1H3,(H,7,8,9). The van der Waals surface area contributed by atoms with E-state index in [9.17, 15) is 19.2 Å². The molecule has 1 aliphatic rings. The number of ketones is 2. The number of piperidine rings is 1. The summed E-state index contributed by atoms with van der Waals surface area (Å²) in [6, 6.07) is 4.88. The molecule has 0 aliphatic carbocycles. The van der Waals surface area contributed by atoms with Crippen molar-refractivity contribution in [2.75, 3.05) is 20.8 Å². The van der Waals surface area contributed by atoms with Crippen LogP contribution < -0.4 is 10.1 Å². The smallest absolute Gasteiger partial charge is 0.229 e. The van der Waals surface area contributed by atoms with E-state index in [1.165, 1.54) is 21.1 Å². The van der Waals surface area contributed by atoms with Gasteiger partial charge in [-0.1, -0.05) is 20.8 Å². The van der Waals surface area contributed by atoms with Gasteiger partial charge in [0.1, 0.15) is 12.4 Å². The van der Waals surface area contributed by atoms with Crippen molar-refractivity contribution in [1.82, 2.24) is 5.32 Å². The summed E-state index contributed by atoms with van der Waals surface area (Å²) in [6.45, 7) is 7.06. The SMILES string of the molecule is CC1CCC(=O)NC1=O.COC(COc1ccc(C(=O)C(C)C)c(C(C)=O)c1)OC. The molecule has 1 saturated heterocycles. The molecule has 1 fully saturated rings. The highest BCUT2D eigenvalue weighted by atomic mass is 16.7. The summed E-state index contributed by atoms with van der Waals surface area (Å²) in [7, 11) is 3.03. The van der Waals surface area contributed by atoms with Crippen LogP contribution in [0.25, 0.3) is 0 Å². The molecular weight excluding hydrogens is 390 g/mol. The average Bonchev–Trinajstić information content (AvgIpc) is 2.71. The summed E-state index contributed by atoms with van der Waals surface area (Å²) in [4.78, 5) is 45.0. The van der Waals surface area contributed by atoms with Gasteiger partial charge in [-0.15, -0.1) is 0 Å². The molecule has 30 heavy (non-hydrogen) atoms. The third-order valence-corrected chi connectivity index (χ3v) is 4.59. The number of carbonyl (C=O) groups excluding carboxylic acids is 4. The lowest BCUT2D eigenvalue weighted by molar-refractivity contribution is -0.135. The average molecular weight is 421 g/mol. The van der Waals surface area contributed by atoms with Crippen LogP contribution in [-0.2, 0) is 19.1 Å². The Morgan fingerprint density at radius 2 is 1.77 bits per heavy atom. The maximum Gasteiger partial charge on any atom is 0.229 e. The Hall–Kier alpha value is -2.58. The molecule has 0 aromatic heterocycles. The zero-order valence-corrected chi connectivity index (χ0v) is 18.4. The van der Waals surface area contributed by atoms with Gasteiger partial charge in [0.05, 0.1) is 0 Å². The van der Waals surface area contributed by atoms with Gasteiger partial charge in [-0.25, -0.2) is 0 Å². The fourth-order valence-electron chi connectivity index (χ4n) is 2.63. The van der Waals surface area contributed by atoms with Crippen LogP contribution in [0.4, 0.5) is 0 Å². The molecule has 0 spiro atoms. The topological polar surface area (TPSA) is 108 Å². The van der Waals surface area contributed by atoms with E-state index in [2.05, 4.69) is 5.32 Å². The molecule has 0 saturated carbocycles. The molecule has 1 atom stereocenters. The number of carbonyl (C=O) groups is 4. The summed E-state index contributed by atoms with van der Waals surface area (Å²) >= 11 is 0. The van der Waals surface area contributed by atoms with Crippen molar-refractivity contribution >= 4 is 23.4 Å². The van der Waals surface area contributed by atoms with Crippen molar-refractivity contribution in [3.05, 3.63) is 29.3 Å². The molecule has 0 radical (unpaired) electrons. The van der Waals surface area contributed by atoms with E-state index in [0.717, 1.165) is 0 Å². The molecule has 1 aliphatic heterocycles. The number of benzene rings is 1. The van der Waals surface area contributed by atoms with Gasteiger partial charge in [0.15, 0.2) is 17.9 Å². The van der Waals surface area contributed by atoms with Gasteiger partial charge in [-0.05, 0) is 31.5 Å². The Morgan fingerprint density at radius 3 is 2.23 bits per heavy atom. The number of hydrogen-bond acceptors (Lipinski definition) is 7. The zero-order valence-electron chi connectivity index (χ0n) is 18.4. The number of imide groups is 1. The molecule has 1 aromatic rings. The first-order chi connectivity index (χ1) is 14.1. The van der Waals surface area contributed by atoms with Crippen molar-refractivity contribution in [3.8, 4) is 5.75 Å². The Kier molecular flexibility index (Phi) is 10.3. The van der Waals surface area contributed by atoms with Crippen molar-refractivity contribution in [2.45, 2.75) is 46.8 Å². The fourth-order valence-corrected chi connectivity index (χ4v) is 2.63. The lowest BCUT2D eigenvalue weighted by atomic mass is 9.94. The quantitative estimate of drug-likeness (QED) is 0.391. The number of hydrogen-bond donors (Lipinski definition) is 1. The van der Waals surface area contributed by atoms with Gasteiger partial charge in [0.2, 0.25) is 11.8 Å². The van der Waals surface area contributed by atoms with Gasteiger partial charge >= 0.3 is 0 Å². The second kappa shape index (κ2) is 12.2. The Labute approximate surface area is 177 Å². The Morgan fingerprint density at radius 1 is 1.13 bits per heavy atom. The van der Waals surface area contributed by atoms with E-state index in [4.69, 9.17) is 14.2 Å². The van der Waals surface area contributed by atoms with Gasteiger partial charge < -0.3 is 14.2 Å². The number of rotatable bonds is 8. The van der Waals surface area contributed by atoms with E-state index in [1.54, 1.807) is 32.0 Å². The zero-order chi connectivity index (χ0) is 22.8. The van der Waals surface area contributed by atoms with Gasteiger partial charge in [0.25, 0.3) is 0 Å². The van der Waals surface area contributed by atoms with E-state index in [-0.39, 0.29) is 41.8 Å². The summed E-state index contributed by atoms with van der Waals surface area (Å²) in [5.74, 6) is -0.147. The predicted molar refractivity (Wildman–Crippen MR) is 110 cm³/mol. The summed E-state index contributed by atoms with van der Waals surface area (Å²) in [5, 5.41) is 2.25. The van der Waals surface area contributed by atoms with E-state index in [0.29, 0.717) is 29.7 Å². The van der Waals surface area contributed by atoms with Crippen LogP contribution in [0, 0.1) is 11.8 Å². The molecule has 1 heterocycles. The van der Waals surface area contributed by atoms with Crippen LogP contribution in [0.3, 0.4) is 0 Å². The number of Topliss-reactive ketones (excluding diaryl/α,β-unsaturated/α-hetero) is 2. The predicted octanol–water partition coefficient (Wildman–Crippen LogP) is 2.78. The van der Waals surface area contributed by atoms with Gasteiger partial charge in [-0.2, -0.15) is 0 Å². The molecular formula is C22H31NO7. The van der Waals surface area contributed by atoms with E-state index >= 15 is 0 Å². The molecule has 1 N–H and O–H groups in total. The monoisotopic (exact) mass is 421 g/mol. The van der Waals surface area contributed by atoms with E-state index < -0.39 is 6.29 Å². The number of nitrogens with one attached hydrogen (secondary N) is 1. The van der Waals surface area contributed by atoms with Crippen molar-refractivity contribution in [1.29, 1.82) is 0 Å². The van der Waals surface area contributed by atoms with Crippen LogP contribution in [0.15, 0.2) is 18.2 Å². The highest BCUT2D eigenvalue weighted by Crippen LogP contribution is 2.21. The minimum Gasteiger partial charge on any atom is -0.488 e. The normalized spacial score (nSPS) is 16.1. The first-order valence-electron chi connectivity index (χ1n) is 9.81. The molecule has 2 rings (SSSR count). The van der Waals surface area contributed by atoms with E-state index in [1.807, 2.05) is 6.92 Å². The maximum absolute atomic E-state index is 12.1. The molecule has 8 heteroatoms. The van der Waals surface area contributed by atoms with Gasteiger partial charge in [0, 0.05) is 43.6 Å². The number of amides is 2. The maximum atomic E-state index is 12.1. The molecule has 8 nitrogen and oxygen atoms in total. The largest absolute Gasteiger partial charge is 0.488 e. The Bertz CT molecular complexity index is 769. The summed E-state index contributed by atoms with van der Waals surface area (Å²) in [6.07, 6.45) is 0.708. The number of methoxy groups -OCH3 is 2.